The molecule has 0 aliphatic rings. The van der Waals surface area contributed by atoms with E-state index in [1.54, 1.807) is 24.3 Å². The maximum absolute atomic E-state index is 12.5. The number of carbonyl (C=O) groups excluding carboxylic acids is 2. The summed E-state index contributed by atoms with van der Waals surface area (Å²) < 4.78 is 11.2. The van der Waals surface area contributed by atoms with E-state index in [1.807, 2.05) is 32.9 Å². The van der Waals surface area contributed by atoms with Gasteiger partial charge in [-0.25, -0.2) is 4.79 Å². The Kier molecular flexibility index (Phi) is 4.31. The van der Waals surface area contributed by atoms with Gasteiger partial charge in [0.15, 0.2) is 0 Å². The van der Waals surface area contributed by atoms with E-state index in [-0.39, 0.29) is 11.7 Å². The van der Waals surface area contributed by atoms with Crippen LogP contribution in [0.3, 0.4) is 0 Å². The molecule has 0 radical (unpaired) electrons. The minimum atomic E-state index is -0.542. The zero-order valence-electron chi connectivity index (χ0n) is 14.6. The van der Waals surface area contributed by atoms with Gasteiger partial charge in [0.1, 0.15) is 11.3 Å². The Labute approximate surface area is 145 Å². The number of anilines is 1. The number of ether oxygens (including phenoxy) is 1. The molecule has 0 saturated heterocycles. The average Bonchev–Trinajstić information content (AvgIpc) is 2.91. The fourth-order valence-electron chi connectivity index (χ4n) is 2.83. The van der Waals surface area contributed by atoms with Crippen LogP contribution in [0.1, 0.15) is 34.2 Å². The lowest BCUT2D eigenvalue weighted by atomic mass is 10.0. The standard InChI is InChI=1S/C20H19NO4/c1-11-5-6-12(2)18-17(11)13(3)19(25-18)20(23)24-16-9-7-15(8-10-16)21-14(4)22/h5-10H,1-4H3,(H,21,22). The maximum Gasteiger partial charge on any atom is 0.379 e. The third-order valence-corrected chi connectivity index (χ3v) is 4.05. The summed E-state index contributed by atoms with van der Waals surface area (Å²) in [6.07, 6.45) is 0. The van der Waals surface area contributed by atoms with Crippen molar-refractivity contribution in [1.29, 1.82) is 0 Å². The molecule has 0 unspecified atom stereocenters. The van der Waals surface area contributed by atoms with Gasteiger partial charge in [0.2, 0.25) is 11.7 Å². The topological polar surface area (TPSA) is 68.5 Å². The first-order chi connectivity index (χ1) is 11.9. The van der Waals surface area contributed by atoms with Crippen molar-refractivity contribution < 1.29 is 18.7 Å². The largest absolute Gasteiger partial charge is 0.448 e. The molecule has 5 nitrogen and oxygen atoms in total. The summed E-state index contributed by atoms with van der Waals surface area (Å²) in [4.78, 5) is 23.5. The molecule has 3 rings (SSSR count). The molecule has 0 spiro atoms. The molecule has 1 heterocycles. The van der Waals surface area contributed by atoms with Crippen molar-refractivity contribution in [2.75, 3.05) is 5.32 Å². The maximum atomic E-state index is 12.5. The number of benzene rings is 2. The Morgan fingerprint density at radius 2 is 1.60 bits per heavy atom. The summed E-state index contributed by atoms with van der Waals surface area (Å²) in [5.74, 6) is -0.112. The van der Waals surface area contributed by atoms with Crippen molar-refractivity contribution >= 4 is 28.5 Å². The molecule has 0 atom stereocenters. The highest BCUT2D eigenvalue weighted by Crippen LogP contribution is 2.31. The minimum absolute atomic E-state index is 0.159. The van der Waals surface area contributed by atoms with Gasteiger partial charge in [-0.05, 0) is 56.2 Å². The van der Waals surface area contributed by atoms with Crippen LogP contribution >= 0.6 is 0 Å². The van der Waals surface area contributed by atoms with Gasteiger partial charge in [-0.3, -0.25) is 4.79 Å². The van der Waals surface area contributed by atoms with Crippen LogP contribution < -0.4 is 10.1 Å². The molecule has 0 aliphatic carbocycles. The van der Waals surface area contributed by atoms with Crippen LogP contribution in [0.4, 0.5) is 5.69 Å². The lowest BCUT2D eigenvalue weighted by Crippen LogP contribution is -2.09. The van der Waals surface area contributed by atoms with Gasteiger partial charge in [0.25, 0.3) is 0 Å². The van der Waals surface area contributed by atoms with Crippen molar-refractivity contribution in [2.24, 2.45) is 0 Å². The Morgan fingerprint density at radius 3 is 2.20 bits per heavy atom. The summed E-state index contributed by atoms with van der Waals surface area (Å²) >= 11 is 0. The second-order valence-corrected chi connectivity index (χ2v) is 6.05. The molecule has 0 fully saturated rings. The predicted octanol–water partition coefficient (Wildman–Crippen LogP) is 4.54. The molecule has 2 aromatic carbocycles. The second kappa shape index (κ2) is 6.43. The molecule has 0 saturated carbocycles. The number of rotatable bonds is 3. The number of aryl methyl sites for hydroxylation is 3. The van der Waals surface area contributed by atoms with E-state index < -0.39 is 5.97 Å². The molecule has 1 amide bonds. The molecule has 25 heavy (non-hydrogen) atoms. The van der Waals surface area contributed by atoms with E-state index in [0.29, 0.717) is 17.0 Å². The van der Waals surface area contributed by atoms with Crippen LogP contribution in [0, 0.1) is 20.8 Å². The molecular weight excluding hydrogens is 318 g/mol. The fraction of sp³-hybridized carbons (Fsp3) is 0.200. The summed E-state index contributed by atoms with van der Waals surface area (Å²) in [5.41, 5.74) is 4.16. The van der Waals surface area contributed by atoms with Crippen LogP contribution in [0.15, 0.2) is 40.8 Å². The third kappa shape index (κ3) is 3.26. The quantitative estimate of drug-likeness (QED) is 0.563. The number of nitrogens with one attached hydrogen (secondary N) is 1. The zero-order valence-corrected chi connectivity index (χ0v) is 14.6. The molecule has 0 aliphatic heterocycles. The summed E-state index contributed by atoms with van der Waals surface area (Å²) in [6.45, 7) is 7.22. The average molecular weight is 337 g/mol. The molecule has 128 valence electrons. The van der Waals surface area contributed by atoms with Crippen LogP contribution in [-0.2, 0) is 4.79 Å². The van der Waals surface area contributed by atoms with E-state index in [2.05, 4.69) is 5.32 Å². The summed E-state index contributed by atoms with van der Waals surface area (Å²) in [7, 11) is 0. The number of fused-ring (bicyclic) bond motifs is 1. The number of carbonyl (C=O) groups is 2. The zero-order chi connectivity index (χ0) is 18.1. The fourth-order valence-corrected chi connectivity index (χ4v) is 2.83. The lowest BCUT2D eigenvalue weighted by molar-refractivity contribution is -0.114. The van der Waals surface area contributed by atoms with Crippen molar-refractivity contribution in [3.63, 3.8) is 0 Å². The van der Waals surface area contributed by atoms with E-state index in [4.69, 9.17) is 9.15 Å². The van der Waals surface area contributed by atoms with Crippen LogP contribution in [0.25, 0.3) is 11.0 Å². The Bertz CT molecular complexity index is 968. The Balaban J connectivity index is 1.88. The van der Waals surface area contributed by atoms with Gasteiger partial charge < -0.3 is 14.5 Å². The van der Waals surface area contributed by atoms with Gasteiger partial charge in [-0.2, -0.15) is 0 Å². The van der Waals surface area contributed by atoms with E-state index in [0.717, 1.165) is 22.1 Å². The van der Waals surface area contributed by atoms with Crippen LogP contribution in [-0.4, -0.2) is 11.9 Å². The third-order valence-electron chi connectivity index (χ3n) is 4.05. The van der Waals surface area contributed by atoms with Gasteiger partial charge in [-0.1, -0.05) is 12.1 Å². The number of furan rings is 1. The Hall–Kier alpha value is -3.08. The monoisotopic (exact) mass is 337 g/mol. The number of hydrogen-bond acceptors (Lipinski definition) is 4. The first-order valence-corrected chi connectivity index (χ1v) is 7.96. The van der Waals surface area contributed by atoms with Crippen LogP contribution in [0.2, 0.25) is 0 Å². The number of esters is 1. The summed E-state index contributed by atoms with van der Waals surface area (Å²) in [6, 6.07) is 10.6. The molecule has 0 bridgehead atoms. The highest BCUT2D eigenvalue weighted by Gasteiger charge is 2.21. The van der Waals surface area contributed by atoms with Crippen molar-refractivity contribution in [3.05, 3.63) is 58.8 Å². The smallest absolute Gasteiger partial charge is 0.379 e. The van der Waals surface area contributed by atoms with Crippen LogP contribution in [0.5, 0.6) is 5.75 Å². The second-order valence-electron chi connectivity index (χ2n) is 6.05. The van der Waals surface area contributed by atoms with Crippen molar-refractivity contribution in [2.45, 2.75) is 27.7 Å². The first kappa shape index (κ1) is 16.8. The molecule has 5 heteroatoms. The SMILES string of the molecule is CC(=O)Nc1ccc(OC(=O)c2oc3c(C)ccc(C)c3c2C)cc1. The molecule has 1 aromatic heterocycles. The normalized spacial score (nSPS) is 10.7. The van der Waals surface area contributed by atoms with E-state index in [9.17, 15) is 9.59 Å². The van der Waals surface area contributed by atoms with Gasteiger partial charge >= 0.3 is 5.97 Å². The minimum Gasteiger partial charge on any atom is -0.448 e. The van der Waals surface area contributed by atoms with E-state index >= 15 is 0 Å². The molecular formula is C20H19NO4. The van der Waals surface area contributed by atoms with Crippen molar-refractivity contribution in [3.8, 4) is 5.75 Å². The van der Waals surface area contributed by atoms with Gasteiger partial charge in [-0.15, -0.1) is 0 Å². The Morgan fingerprint density at radius 1 is 0.960 bits per heavy atom. The highest BCUT2D eigenvalue weighted by atomic mass is 16.5. The van der Waals surface area contributed by atoms with E-state index in [1.165, 1.54) is 6.92 Å². The number of amides is 1. The number of hydrogen-bond donors (Lipinski definition) is 1. The predicted molar refractivity (Wildman–Crippen MR) is 96.1 cm³/mol. The van der Waals surface area contributed by atoms with Gasteiger partial charge in [0.05, 0.1) is 0 Å². The molecule has 1 N–H and O–H groups in total. The molecule has 3 aromatic rings. The highest BCUT2D eigenvalue weighted by molar-refractivity contribution is 5.98. The first-order valence-electron chi connectivity index (χ1n) is 7.96. The van der Waals surface area contributed by atoms with Crippen molar-refractivity contribution in [1.82, 2.24) is 0 Å². The van der Waals surface area contributed by atoms with Gasteiger partial charge in [0, 0.05) is 23.6 Å². The summed E-state index contributed by atoms with van der Waals surface area (Å²) in [5, 5.41) is 3.61. The lowest BCUT2D eigenvalue weighted by Gasteiger charge is -2.05.